The molecular weight excluding hydrogens is 454 g/mol. The van der Waals surface area contributed by atoms with E-state index in [1.54, 1.807) is 24.3 Å². The summed E-state index contributed by atoms with van der Waals surface area (Å²) in [6.07, 6.45) is 7.21. The molecule has 0 spiro atoms. The van der Waals surface area contributed by atoms with E-state index in [-0.39, 0.29) is 15.9 Å². The van der Waals surface area contributed by atoms with Gasteiger partial charge >= 0.3 is 0 Å². The molecule has 3 rings (SSSR count). The van der Waals surface area contributed by atoms with E-state index in [0.717, 1.165) is 32.7 Å². The Labute approximate surface area is 200 Å². The van der Waals surface area contributed by atoms with Crippen molar-refractivity contribution in [2.75, 3.05) is 0 Å². The second-order valence-electron chi connectivity index (χ2n) is 7.07. The number of carbonyl (C=O) groups is 2. The molecule has 3 aromatic carbocycles. The van der Waals surface area contributed by atoms with Crippen LogP contribution in [0.1, 0.15) is 36.1 Å². The van der Waals surface area contributed by atoms with Crippen molar-refractivity contribution in [2.45, 2.75) is 23.6 Å². The third-order valence-electron chi connectivity index (χ3n) is 4.46. The SMILES string of the molecule is CC(=O)Sc1ccc(/C=C/c2ccc(/C=C/c3ccc(SC(C)=O)cc3)c([N+](=O)[O-])c2)cc1. The van der Waals surface area contributed by atoms with E-state index in [0.29, 0.717) is 11.1 Å². The zero-order chi connectivity index (χ0) is 23.8. The molecule has 0 radical (unpaired) electrons. The first-order valence-electron chi connectivity index (χ1n) is 10.0. The zero-order valence-corrected chi connectivity index (χ0v) is 19.7. The van der Waals surface area contributed by atoms with Gasteiger partial charge in [0.25, 0.3) is 5.69 Å². The minimum atomic E-state index is -0.391. The van der Waals surface area contributed by atoms with Crippen LogP contribution in [0.25, 0.3) is 24.3 Å². The summed E-state index contributed by atoms with van der Waals surface area (Å²) in [4.78, 5) is 35.3. The number of carbonyl (C=O) groups excluding carboxylic acids is 2. The molecule has 0 fully saturated rings. The highest BCUT2D eigenvalue weighted by Gasteiger charge is 2.12. The Kier molecular flexibility index (Phi) is 8.40. The van der Waals surface area contributed by atoms with Crippen molar-refractivity contribution >= 4 is 63.7 Å². The molecule has 33 heavy (non-hydrogen) atoms. The van der Waals surface area contributed by atoms with Crippen LogP contribution in [0.5, 0.6) is 0 Å². The van der Waals surface area contributed by atoms with Crippen LogP contribution in [0.3, 0.4) is 0 Å². The third-order valence-corrected chi connectivity index (χ3v) is 6.05. The summed E-state index contributed by atoms with van der Waals surface area (Å²) in [6, 6.07) is 20.1. The normalized spacial score (nSPS) is 11.2. The monoisotopic (exact) mass is 475 g/mol. The maximum absolute atomic E-state index is 11.6. The van der Waals surface area contributed by atoms with E-state index >= 15 is 0 Å². The van der Waals surface area contributed by atoms with Crippen molar-refractivity contribution in [1.29, 1.82) is 0 Å². The smallest absolute Gasteiger partial charge is 0.277 e. The molecule has 0 atom stereocenters. The fourth-order valence-electron chi connectivity index (χ4n) is 2.97. The van der Waals surface area contributed by atoms with Gasteiger partial charge in [-0.2, -0.15) is 0 Å². The second-order valence-corrected chi connectivity index (χ2v) is 9.57. The topological polar surface area (TPSA) is 77.3 Å². The lowest BCUT2D eigenvalue weighted by Gasteiger charge is -2.02. The summed E-state index contributed by atoms with van der Waals surface area (Å²) in [5, 5.41) is 11.7. The van der Waals surface area contributed by atoms with Crippen LogP contribution < -0.4 is 0 Å². The molecule has 0 N–H and O–H groups in total. The number of hydrogen-bond donors (Lipinski definition) is 0. The number of benzene rings is 3. The number of thioether (sulfide) groups is 2. The highest BCUT2D eigenvalue weighted by atomic mass is 32.2. The van der Waals surface area contributed by atoms with E-state index in [1.165, 1.54) is 25.6 Å². The molecule has 0 aliphatic heterocycles. The average Bonchev–Trinajstić information content (AvgIpc) is 2.77. The van der Waals surface area contributed by atoms with Gasteiger partial charge < -0.3 is 0 Å². The molecule has 0 bridgehead atoms. The van der Waals surface area contributed by atoms with Crippen molar-refractivity contribution < 1.29 is 14.5 Å². The summed E-state index contributed by atoms with van der Waals surface area (Å²) in [6.45, 7) is 3.04. The quantitative estimate of drug-likeness (QED) is 0.155. The summed E-state index contributed by atoms with van der Waals surface area (Å²) >= 11 is 2.34. The van der Waals surface area contributed by atoms with Gasteiger partial charge in [0.15, 0.2) is 10.2 Å². The molecular formula is C26H21NO4S2. The fraction of sp³-hybridized carbons (Fsp3) is 0.0769. The molecule has 7 heteroatoms. The number of hydrogen-bond acceptors (Lipinski definition) is 6. The zero-order valence-electron chi connectivity index (χ0n) is 18.1. The molecule has 0 saturated heterocycles. The maximum atomic E-state index is 11.6. The number of nitro groups is 1. The van der Waals surface area contributed by atoms with Crippen LogP contribution >= 0.6 is 23.5 Å². The average molecular weight is 476 g/mol. The van der Waals surface area contributed by atoms with Crippen LogP contribution in [0.15, 0.2) is 76.5 Å². The first kappa shape index (κ1) is 24.2. The van der Waals surface area contributed by atoms with E-state index in [9.17, 15) is 19.7 Å². The Hall–Kier alpha value is -3.42. The van der Waals surface area contributed by atoms with E-state index in [2.05, 4.69) is 0 Å². The van der Waals surface area contributed by atoms with Crippen LogP contribution in [-0.4, -0.2) is 15.2 Å². The van der Waals surface area contributed by atoms with Crippen molar-refractivity contribution in [3.8, 4) is 0 Å². The number of rotatable bonds is 7. The molecule has 0 amide bonds. The van der Waals surface area contributed by atoms with Gasteiger partial charge in [-0.15, -0.1) is 0 Å². The number of nitrogens with zero attached hydrogens (tertiary/aromatic N) is 1. The Morgan fingerprint density at radius 2 is 1.12 bits per heavy atom. The molecule has 0 aliphatic rings. The third kappa shape index (κ3) is 7.59. The van der Waals surface area contributed by atoms with Gasteiger partial charge in [-0.3, -0.25) is 19.7 Å². The fourth-order valence-corrected chi connectivity index (χ4v) is 4.18. The second kappa shape index (κ2) is 11.4. The molecule has 0 unspecified atom stereocenters. The number of nitro benzene ring substituents is 1. The minimum absolute atomic E-state index is 0.0189. The summed E-state index contributed by atoms with van der Waals surface area (Å²) in [5.41, 5.74) is 3.05. The molecule has 0 saturated carbocycles. The Morgan fingerprint density at radius 3 is 1.58 bits per heavy atom. The van der Waals surface area contributed by atoms with Crippen molar-refractivity contribution in [1.82, 2.24) is 0 Å². The van der Waals surface area contributed by atoms with Crippen LogP contribution in [0, 0.1) is 10.1 Å². The van der Waals surface area contributed by atoms with Crippen molar-refractivity contribution in [2.24, 2.45) is 0 Å². The summed E-state index contributed by atoms with van der Waals surface area (Å²) in [5.74, 6) is 0. The van der Waals surface area contributed by atoms with Gasteiger partial charge in [-0.1, -0.05) is 72.1 Å². The van der Waals surface area contributed by atoms with Crippen LogP contribution in [0.2, 0.25) is 0 Å². The van der Waals surface area contributed by atoms with Crippen molar-refractivity contribution in [3.05, 3.63) is 99.1 Å². The molecule has 0 heterocycles. The van der Waals surface area contributed by atoms with Crippen LogP contribution in [-0.2, 0) is 9.59 Å². The first-order chi connectivity index (χ1) is 15.8. The Bertz CT molecular complexity index is 1230. The molecule has 0 aliphatic carbocycles. The largest absolute Gasteiger partial charge is 0.287 e. The van der Waals surface area contributed by atoms with Gasteiger partial charge in [-0.25, -0.2) is 0 Å². The molecule has 0 aromatic heterocycles. The molecule has 3 aromatic rings. The minimum Gasteiger partial charge on any atom is -0.287 e. The lowest BCUT2D eigenvalue weighted by atomic mass is 10.1. The van der Waals surface area contributed by atoms with Crippen molar-refractivity contribution in [3.63, 3.8) is 0 Å². The van der Waals surface area contributed by atoms with E-state index < -0.39 is 4.92 Å². The first-order valence-corrected chi connectivity index (χ1v) is 11.6. The Morgan fingerprint density at radius 1 is 0.697 bits per heavy atom. The summed E-state index contributed by atoms with van der Waals surface area (Å²) < 4.78 is 0. The maximum Gasteiger partial charge on any atom is 0.277 e. The predicted octanol–water partition coefficient (Wildman–Crippen LogP) is 7.21. The van der Waals surface area contributed by atoms with Gasteiger partial charge in [0.2, 0.25) is 0 Å². The highest BCUT2D eigenvalue weighted by Crippen LogP contribution is 2.25. The van der Waals surface area contributed by atoms with Gasteiger partial charge in [0.1, 0.15) is 0 Å². The predicted molar refractivity (Wildman–Crippen MR) is 137 cm³/mol. The van der Waals surface area contributed by atoms with Gasteiger partial charge in [0, 0.05) is 29.7 Å². The summed E-state index contributed by atoms with van der Waals surface area (Å²) in [7, 11) is 0. The highest BCUT2D eigenvalue weighted by molar-refractivity contribution is 8.13. The standard InChI is InChI=1S/C26H21NO4S2/c1-18(28)32-24-13-7-20(8-14-24)3-4-22-6-12-23(26(17-22)27(30)31)11-5-21-9-15-25(16-10-21)33-19(2)29/h3-17H,1-2H3/b4-3+,11-5+. The van der Waals surface area contributed by atoms with Crippen LogP contribution in [0.4, 0.5) is 5.69 Å². The Balaban J connectivity index is 1.75. The lowest BCUT2D eigenvalue weighted by Crippen LogP contribution is -1.92. The van der Waals surface area contributed by atoms with Gasteiger partial charge in [0.05, 0.1) is 10.5 Å². The lowest BCUT2D eigenvalue weighted by molar-refractivity contribution is -0.385. The molecule has 166 valence electrons. The molecule has 5 nitrogen and oxygen atoms in total. The van der Waals surface area contributed by atoms with Gasteiger partial charge in [-0.05, 0) is 53.1 Å². The van der Waals surface area contributed by atoms with E-state index in [4.69, 9.17) is 0 Å². The van der Waals surface area contributed by atoms with E-state index in [1.807, 2.05) is 66.7 Å².